The van der Waals surface area contributed by atoms with E-state index in [0.29, 0.717) is 28.5 Å². The largest absolute Gasteiger partial charge is 0.284 e. The number of pyridine rings is 1. The first-order chi connectivity index (χ1) is 15.2. The molecule has 31 heavy (non-hydrogen) atoms. The molecule has 4 rings (SSSR count). The zero-order valence-corrected chi connectivity index (χ0v) is 18.2. The van der Waals surface area contributed by atoms with Crippen molar-refractivity contribution in [3.05, 3.63) is 70.2 Å². The van der Waals surface area contributed by atoms with Gasteiger partial charge in [-0.1, -0.05) is 63.3 Å². The molecule has 6 nitrogen and oxygen atoms in total. The van der Waals surface area contributed by atoms with Gasteiger partial charge in [0.2, 0.25) is 0 Å². The van der Waals surface area contributed by atoms with Gasteiger partial charge in [0.15, 0.2) is 5.69 Å². The smallest absolute Gasteiger partial charge is 0.267 e. The molecule has 0 N–H and O–H groups in total. The molecule has 0 radical (unpaired) electrons. The van der Waals surface area contributed by atoms with E-state index in [9.17, 15) is 9.59 Å². The Labute approximate surface area is 182 Å². The van der Waals surface area contributed by atoms with Crippen LogP contribution in [0.1, 0.15) is 68.8 Å². The predicted octanol–water partition coefficient (Wildman–Crippen LogP) is 4.31. The molecule has 0 saturated heterocycles. The third kappa shape index (κ3) is 4.68. The first-order valence-electron chi connectivity index (χ1n) is 11.4. The van der Waals surface area contributed by atoms with E-state index in [0.717, 1.165) is 32.1 Å². The summed E-state index contributed by atoms with van der Waals surface area (Å²) in [5.41, 5.74) is 0.797. The van der Waals surface area contributed by atoms with Gasteiger partial charge in [0.1, 0.15) is 5.49 Å². The molecule has 0 spiro atoms. The van der Waals surface area contributed by atoms with Crippen LogP contribution in [0.5, 0.6) is 0 Å². The number of carbonyl (C=O) groups excluding carboxylic acids is 1. The van der Waals surface area contributed by atoms with E-state index in [1.54, 1.807) is 22.9 Å². The highest BCUT2D eigenvalue weighted by Gasteiger charge is 2.19. The minimum absolute atomic E-state index is 0.145. The van der Waals surface area contributed by atoms with Crippen LogP contribution in [0.25, 0.3) is 10.8 Å². The van der Waals surface area contributed by atoms with Crippen LogP contribution >= 0.6 is 0 Å². The second-order valence-electron chi connectivity index (χ2n) is 8.28. The first kappa shape index (κ1) is 21.2. The van der Waals surface area contributed by atoms with Gasteiger partial charge in [0, 0.05) is 18.1 Å². The number of nitrogens with zero attached hydrogens (tertiary/aromatic N) is 4. The summed E-state index contributed by atoms with van der Waals surface area (Å²) in [5.74, 6) is -0.254. The lowest BCUT2D eigenvalue weighted by atomic mass is 9.96. The van der Waals surface area contributed by atoms with Crippen molar-refractivity contribution < 1.29 is 4.79 Å². The van der Waals surface area contributed by atoms with Crippen LogP contribution in [0.3, 0.4) is 0 Å². The fraction of sp³-hybridized carbons (Fsp3) is 0.440. The fourth-order valence-corrected chi connectivity index (χ4v) is 4.28. The average molecular weight is 419 g/mol. The maximum absolute atomic E-state index is 13.6. The monoisotopic (exact) mass is 418 g/mol. The summed E-state index contributed by atoms with van der Waals surface area (Å²) in [5, 5.41) is 5.64. The van der Waals surface area contributed by atoms with E-state index in [4.69, 9.17) is 4.99 Å². The third-order valence-corrected chi connectivity index (χ3v) is 5.99. The van der Waals surface area contributed by atoms with Crippen LogP contribution < -0.4 is 11.0 Å². The highest BCUT2D eigenvalue weighted by atomic mass is 16.2. The number of rotatable bonds is 6. The van der Waals surface area contributed by atoms with Crippen LogP contribution in [0, 0.1) is 0 Å². The minimum atomic E-state index is -0.254. The summed E-state index contributed by atoms with van der Waals surface area (Å²) in [6.45, 7) is 2.63. The number of benzene rings is 1. The molecule has 1 aliphatic rings. The molecule has 1 saturated carbocycles. The van der Waals surface area contributed by atoms with E-state index in [1.807, 2.05) is 30.3 Å². The van der Waals surface area contributed by atoms with Crippen molar-refractivity contribution in [3.8, 4) is 0 Å². The maximum Gasteiger partial charge on any atom is 0.284 e. The Kier molecular flexibility index (Phi) is 6.75. The molecule has 0 amide bonds. The summed E-state index contributed by atoms with van der Waals surface area (Å²) in [7, 11) is 0. The van der Waals surface area contributed by atoms with E-state index >= 15 is 0 Å². The van der Waals surface area contributed by atoms with Crippen LogP contribution in [-0.2, 0) is 6.54 Å². The van der Waals surface area contributed by atoms with Crippen molar-refractivity contribution in [2.75, 3.05) is 0 Å². The molecule has 2 heterocycles. The summed E-state index contributed by atoms with van der Waals surface area (Å²) in [6.07, 6.45) is 10.4. The lowest BCUT2D eigenvalue weighted by Crippen LogP contribution is -2.32. The Hall–Kier alpha value is -3.02. The van der Waals surface area contributed by atoms with Crippen LogP contribution in [0.4, 0.5) is 0 Å². The number of hydrogen-bond acceptors (Lipinski definition) is 4. The molecule has 3 aromatic rings. The number of aromatic nitrogens is 3. The zero-order chi connectivity index (χ0) is 21.6. The quantitative estimate of drug-likeness (QED) is 0.560. The van der Waals surface area contributed by atoms with Gasteiger partial charge in [0.05, 0.1) is 11.4 Å². The average Bonchev–Trinajstić information content (AvgIpc) is 2.81. The Morgan fingerprint density at radius 2 is 1.77 bits per heavy atom. The van der Waals surface area contributed by atoms with Crippen molar-refractivity contribution in [2.45, 2.75) is 70.9 Å². The Bertz CT molecular complexity index is 1190. The van der Waals surface area contributed by atoms with Crippen LogP contribution in [-0.4, -0.2) is 26.3 Å². The first-order valence-corrected chi connectivity index (χ1v) is 11.4. The van der Waals surface area contributed by atoms with E-state index in [2.05, 4.69) is 12.0 Å². The van der Waals surface area contributed by atoms with Crippen LogP contribution in [0.15, 0.2) is 58.4 Å². The van der Waals surface area contributed by atoms with Crippen molar-refractivity contribution in [3.63, 3.8) is 0 Å². The fourth-order valence-electron chi connectivity index (χ4n) is 4.28. The molecule has 0 aliphatic heterocycles. The summed E-state index contributed by atoms with van der Waals surface area (Å²) in [6, 6.07) is 13.1. The normalized spacial score (nSPS) is 15.5. The maximum atomic E-state index is 13.6. The molecule has 162 valence electrons. The molecule has 1 aromatic carbocycles. The van der Waals surface area contributed by atoms with Gasteiger partial charge < -0.3 is 0 Å². The standard InChI is InChI=1S/C25H30N4O2/c1-2-3-10-18-29-24(30)21-15-8-7-14-20(21)23(27-29)25(31)28-17-11-9-16-22(28)26-19-12-5-4-6-13-19/h7-9,11,14-17,19H,2-6,10,12-13,18H2,1H3. The molecular formula is C25H30N4O2. The predicted molar refractivity (Wildman–Crippen MR) is 122 cm³/mol. The highest BCUT2D eigenvalue weighted by molar-refractivity contribution is 6.05. The van der Waals surface area contributed by atoms with Gasteiger partial charge in [-0.25, -0.2) is 4.68 Å². The lowest BCUT2D eigenvalue weighted by Gasteiger charge is -2.18. The van der Waals surface area contributed by atoms with Crippen molar-refractivity contribution in [1.29, 1.82) is 0 Å². The molecule has 0 unspecified atom stereocenters. The van der Waals surface area contributed by atoms with Crippen molar-refractivity contribution >= 4 is 16.7 Å². The van der Waals surface area contributed by atoms with Gasteiger partial charge in [-0.05, 0) is 37.5 Å². The Balaban J connectivity index is 1.80. The third-order valence-electron chi connectivity index (χ3n) is 5.99. The van der Waals surface area contributed by atoms with Gasteiger partial charge >= 0.3 is 0 Å². The molecule has 6 heteroatoms. The van der Waals surface area contributed by atoms with E-state index in [-0.39, 0.29) is 17.5 Å². The number of hydrogen-bond donors (Lipinski definition) is 0. The van der Waals surface area contributed by atoms with Crippen molar-refractivity contribution in [1.82, 2.24) is 14.3 Å². The second-order valence-corrected chi connectivity index (χ2v) is 8.28. The molecule has 2 aromatic heterocycles. The van der Waals surface area contributed by atoms with Gasteiger partial charge in [-0.2, -0.15) is 5.10 Å². The summed E-state index contributed by atoms with van der Waals surface area (Å²) >= 11 is 0. The molecule has 1 aliphatic carbocycles. The topological polar surface area (TPSA) is 69.2 Å². The van der Waals surface area contributed by atoms with E-state index in [1.165, 1.54) is 23.9 Å². The number of unbranched alkanes of at least 4 members (excludes halogenated alkanes) is 2. The molecule has 0 bridgehead atoms. The number of aryl methyl sites for hydroxylation is 1. The second kappa shape index (κ2) is 9.86. The zero-order valence-electron chi connectivity index (χ0n) is 18.2. The Morgan fingerprint density at radius 3 is 2.55 bits per heavy atom. The van der Waals surface area contributed by atoms with Gasteiger partial charge in [0.25, 0.3) is 11.5 Å². The van der Waals surface area contributed by atoms with Gasteiger partial charge in [-0.15, -0.1) is 0 Å². The summed E-state index contributed by atoms with van der Waals surface area (Å²) < 4.78 is 3.02. The molecule has 0 atom stereocenters. The SMILES string of the molecule is CCCCCn1nc(C(=O)n2ccccc2=NC2CCCCC2)c2ccccc2c1=O. The Morgan fingerprint density at radius 1 is 1.03 bits per heavy atom. The lowest BCUT2D eigenvalue weighted by molar-refractivity contribution is 0.0948. The van der Waals surface area contributed by atoms with Crippen LogP contribution in [0.2, 0.25) is 0 Å². The minimum Gasteiger partial charge on any atom is -0.267 e. The molecular weight excluding hydrogens is 388 g/mol. The summed E-state index contributed by atoms with van der Waals surface area (Å²) in [4.78, 5) is 31.5. The van der Waals surface area contributed by atoms with Crippen molar-refractivity contribution in [2.24, 2.45) is 4.99 Å². The number of fused-ring (bicyclic) bond motifs is 1. The molecule has 1 fully saturated rings. The van der Waals surface area contributed by atoms with Gasteiger partial charge in [-0.3, -0.25) is 19.1 Å². The number of carbonyl (C=O) groups is 1. The highest BCUT2D eigenvalue weighted by Crippen LogP contribution is 2.20. The van der Waals surface area contributed by atoms with E-state index < -0.39 is 0 Å².